The normalized spacial score (nSPS) is 21.1. The molecule has 0 fully saturated rings. The number of hydrogen-bond donors (Lipinski definition) is 2. The molecule has 1 aromatic rings. The van der Waals surface area contributed by atoms with Gasteiger partial charge < -0.3 is 10.2 Å². The van der Waals surface area contributed by atoms with Crippen LogP contribution in [0.25, 0.3) is 5.57 Å². The molecule has 1 unspecified atom stereocenters. The minimum absolute atomic E-state index is 0.291. The molecule has 0 aromatic heterocycles. The molecule has 1 atom stereocenters. The molecule has 80 valence electrons. The van der Waals surface area contributed by atoms with E-state index in [4.69, 9.17) is 5.11 Å². The van der Waals surface area contributed by atoms with E-state index in [1.165, 1.54) is 11.1 Å². The summed E-state index contributed by atoms with van der Waals surface area (Å²) in [6, 6.07) is 7.32. The van der Waals surface area contributed by atoms with Crippen molar-refractivity contribution < 1.29 is 10.2 Å². The lowest BCUT2D eigenvalue weighted by Crippen LogP contribution is -2.09. The second kappa shape index (κ2) is 4.49. The fourth-order valence-electron chi connectivity index (χ4n) is 1.99. The average molecular weight is 204 g/mol. The zero-order valence-electron chi connectivity index (χ0n) is 8.69. The van der Waals surface area contributed by atoms with E-state index in [1.54, 1.807) is 12.1 Å². The van der Waals surface area contributed by atoms with Crippen molar-refractivity contribution in [1.29, 1.82) is 0 Å². The Morgan fingerprint density at radius 1 is 1.20 bits per heavy atom. The Morgan fingerprint density at radius 3 is 2.47 bits per heavy atom. The van der Waals surface area contributed by atoms with E-state index in [1.807, 2.05) is 12.1 Å². The van der Waals surface area contributed by atoms with E-state index in [-0.39, 0.29) is 0 Å². The van der Waals surface area contributed by atoms with E-state index in [9.17, 15) is 5.11 Å². The first-order valence-corrected chi connectivity index (χ1v) is 5.39. The van der Waals surface area contributed by atoms with Gasteiger partial charge in [-0.2, -0.15) is 0 Å². The molecular formula is C13H16O2. The Labute approximate surface area is 89.9 Å². The summed E-state index contributed by atoms with van der Waals surface area (Å²) in [5.74, 6) is 0.745. The zero-order valence-corrected chi connectivity index (χ0v) is 8.69. The van der Waals surface area contributed by atoms with E-state index in [2.05, 4.69) is 6.08 Å². The standard InChI is InChI=1S/C13H16O2/c14-9-10-1-3-11(4-2-10)12-5-7-13(15)8-6-12/h3,5-8,10,14-15H,1-2,4,9H2. The highest BCUT2D eigenvalue weighted by molar-refractivity contribution is 5.66. The molecule has 0 radical (unpaired) electrons. The SMILES string of the molecule is OCC1CC=C(c2ccc(O)cc2)CC1. The van der Waals surface area contributed by atoms with Crippen molar-refractivity contribution in [3.05, 3.63) is 35.9 Å². The van der Waals surface area contributed by atoms with Crippen molar-refractivity contribution in [2.75, 3.05) is 6.61 Å². The molecule has 15 heavy (non-hydrogen) atoms. The lowest BCUT2D eigenvalue weighted by atomic mass is 9.87. The van der Waals surface area contributed by atoms with E-state index in [0.717, 1.165) is 19.3 Å². The van der Waals surface area contributed by atoms with Crippen LogP contribution in [0.1, 0.15) is 24.8 Å². The van der Waals surface area contributed by atoms with Crippen LogP contribution >= 0.6 is 0 Å². The van der Waals surface area contributed by atoms with Crippen LogP contribution in [-0.2, 0) is 0 Å². The van der Waals surface area contributed by atoms with E-state index >= 15 is 0 Å². The third-order valence-electron chi connectivity index (χ3n) is 3.02. The summed E-state index contributed by atoms with van der Waals surface area (Å²) < 4.78 is 0. The molecular weight excluding hydrogens is 188 g/mol. The number of aromatic hydroxyl groups is 1. The quantitative estimate of drug-likeness (QED) is 0.777. The Balaban J connectivity index is 2.12. The molecule has 0 saturated heterocycles. The molecule has 0 heterocycles. The molecule has 0 saturated carbocycles. The largest absolute Gasteiger partial charge is 0.508 e. The smallest absolute Gasteiger partial charge is 0.115 e. The molecule has 2 heteroatoms. The number of aliphatic hydroxyl groups is 1. The summed E-state index contributed by atoms with van der Waals surface area (Å²) in [6.45, 7) is 0.291. The van der Waals surface area contributed by atoms with Gasteiger partial charge in [-0.25, -0.2) is 0 Å². The Morgan fingerprint density at radius 2 is 1.93 bits per heavy atom. The van der Waals surface area contributed by atoms with Gasteiger partial charge in [0.05, 0.1) is 0 Å². The highest BCUT2D eigenvalue weighted by Gasteiger charge is 2.14. The van der Waals surface area contributed by atoms with Gasteiger partial charge in [-0.3, -0.25) is 0 Å². The first-order chi connectivity index (χ1) is 7.29. The molecule has 1 aliphatic carbocycles. The fourth-order valence-corrected chi connectivity index (χ4v) is 1.99. The topological polar surface area (TPSA) is 40.5 Å². The van der Waals surface area contributed by atoms with Crippen LogP contribution in [0, 0.1) is 5.92 Å². The van der Waals surface area contributed by atoms with Gasteiger partial charge in [0.2, 0.25) is 0 Å². The maximum atomic E-state index is 9.18. The number of phenolic OH excluding ortho intramolecular Hbond substituents is 1. The second-order valence-corrected chi connectivity index (χ2v) is 4.10. The highest BCUT2D eigenvalue weighted by Crippen LogP contribution is 2.30. The van der Waals surface area contributed by atoms with Gasteiger partial charge in [0, 0.05) is 6.61 Å². The van der Waals surface area contributed by atoms with Crippen molar-refractivity contribution in [2.24, 2.45) is 5.92 Å². The molecule has 0 amide bonds. The Kier molecular flexibility index (Phi) is 3.07. The van der Waals surface area contributed by atoms with Crippen molar-refractivity contribution in [1.82, 2.24) is 0 Å². The van der Waals surface area contributed by atoms with Crippen molar-refractivity contribution in [2.45, 2.75) is 19.3 Å². The predicted molar refractivity (Wildman–Crippen MR) is 60.5 cm³/mol. The number of hydrogen-bond acceptors (Lipinski definition) is 2. The average Bonchev–Trinajstić information content (AvgIpc) is 2.30. The van der Waals surface area contributed by atoms with Gasteiger partial charge in [0.1, 0.15) is 5.75 Å². The summed E-state index contributed by atoms with van der Waals surface area (Å²) in [6.07, 6.45) is 5.25. The molecule has 1 aliphatic rings. The van der Waals surface area contributed by atoms with Crippen molar-refractivity contribution >= 4 is 5.57 Å². The maximum Gasteiger partial charge on any atom is 0.115 e. The van der Waals surface area contributed by atoms with Crippen LogP contribution in [0.4, 0.5) is 0 Å². The summed E-state index contributed by atoms with van der Waals surface area (Å²) in [7, 11) is 0. The van der Waals surface area contributed by atoms with Crippen LogP contribution < -0.4 is 0 Å². The van der Waals surface area contributed by atoms with Crippen LogP contribution in [0.5, 0.6) is 5.75 Å². The third-order valence-corrected chi connectivity index (χ3v) is 3.02. The number of aliphatic hydroxyl groups excluding tert-OH is 1. The van der Waals surface area contributed by atoms with Gasteiger partial charge in [-0.05, 0) is 48.4 Å². The Hall–Kier alpha value is -1.28. The van der Waals surface area contributed by atoms with Crippen molar-refractivity contribution in [3.8, 4) is 5.75 Å². The van der Waals surface area contributed by atoms with Crippen molar-refractivity contribution in [3.63, 3.8) is 0 Å². The van der Waals surface area contributed by atoms with Crippen LogP contribution in [-0.4, -0.2) is 16.8 Å². The molecule has 0 spiro atoms. The maximum absolute atomic E-state index is 9.18. The molecule has 2 rings (SSSR count). The summed E-state index contributed by atoms with van der Waals surface area (Å²) >= 11 is 0. The highest BCUT2D eigenvalue weighted by atomic mass is 16.3. The van der Waals surface area contributed by atoms with Gasteiger partial charge in [0.15, 0.2) is 0 Å². The second-order valence-electron chi connectivity index (χ2n) is 4.10. The number of phenols is 1. The van der Waals surface area contributed by atoms with Gasteiger partial charge in [0.25, 0.3) is 0 Å². The molecule has 2 N–H and O–H groups in total. The first-order valence-electron chi connectivity index (χ1n) is 5.39. The molecule has 2 nitrogen and oxygen atoms in total. The molecule has 0 aliphatic heterocycles. The number of allylic oxidation sites excluding steroid dienone is 2. The lowest BCUT2D eigenvalue weighted by Gasteiger charge is -2.20. The Bertz CT molecular complexity index is 351. The van der Waals surface area contributed by atoms with Crippen LogP contribution in [0.3, 0.4) is 0 Å². The molecule has 0 bridgehead atoms. The van der Waals surface area contributed by atoms with Gasteiger partial charge in [-0.1, -0.05) is 18.2 Å². The van der Waals surface area contributed by atoms with Crippen LogP contribution in [0.2, 0.25) is 0 Å². The fraction of sp³-hybridized carbons (Fsp3) is 0.385. The predicted octanol–water partition coefficient (Wildman–Crippen LogP) is 2.57. The van der Waals surface area contributed by atoms with Gasteiger partial charge >= 0.3 is 0 Å². The third kappa shape index (κ3) is 2.39. The minimum Gasteiger partial charge on any atom is -0.508 e. The minimum atomic E-state index is 0.291. The summed E-state index contributed by atoms with van der Waals surface area (Å²) in [5, 5.41) is 18.2. The summed E-state index contributed by atoms with van der Waals surface area (Å²) in [4.78, 5) is 0. The number of benzene rings is 1. The van der Waals surface area contributed by atoms with Gasteiger partial charge in [-0.15, -0.1) is 0 Å². The lowest BCUT2D eigenvalue weighted by molar-refractivity contribution is 0.218. The van der Waals surface area contributed by atoms with E-state index in [0.29, 0.717) is 18.3 Å². The monoisotopic (exact) mass is 204 g/mol. The number of rotatable bonds is 2. The van der Waals surface area contributed by atoms with Crippen LogP contribution in [0.15, 0.2) is 30.3 Å². The zero-order chi connectivity index (χ0) is 10.7. The van der Waals surface area contributed by atoms with E-state index < -0.39 is 0 Å². The molecule has 1 aromatic carbocycles. The summed E-state index contributed by atoms with van der Waals surface area (Å²) in [5.41, 5.74) is 2.52. The first kappa shape index (κ1) is 10.2.